The zero-order chi connectivity index (χ0) is 17.1. The fourth-order valence-electron chi connectivity index (χ4n) is 3.42. The molecule has 4 heteroatoms. The molecule has 1 saturated heterocycles. The van der Waals surface area contributed by atoms with Crippen LogP contribution in [0.2, 0.25) is 0 Å². The van der Waals surface area contributed by atoms with Crippen LogP contribution in [0, 0.1) is 11.6 Å². The summed E-state index contributed by atoms with van der Waals surface area (Å²) in [6.45, 7) is 8.34. The van der Waals surface area contributed by atoms with E-state index < -0.39 is 0 Å². The first-order valence-electron chi connectivity index (χ1n) is 8.53. The van der Waals surface area contributed by atoms with Gasteiger partial charge in [-0.25, -0.2) is 8.78 Å². The molecular formula is C20H24F2N2. The summed E-state index contributed by atoms with van der Waals surface area (Å²) in [6.07, 6.45) is 0. The number of nitrogens with zero attached hydrogens (tertiary/aromatic N) is 2. The molecule has 0 radical (unpaired) electrons. The SMILES string of the molecule is CC(C)N1CCN(C(c2ccc(F)cc2)c2ccc(F)cc2)CC1. The summed E-state index contributed by atoms with van der Waals surface area (Å²) in [5, 5.41) is 0. The van der Waals surface area contributed by atoms with Gasteiger partial charge >= 0.3 is 0 Å². The van der Waals surface area contributed by atoms with Gasteiger partial charge in [-0.15, -0.1) is 0 Å². The zero-order valence-corrected chi connectivity index (χ0v) is 14.3. The number of piperazine rings is 1. The van der Waals surface area contributed by atoms with Crippen molar-refractivity contribution < 1.29 is 8.78 Å². The van der Waals surface area contributed by atoms with E-state index in [0.29, 0.717) is 6.04 Å². The van der Waals surface area contributed by atoms with E-state index in [0.717, 1.165) is 37.3 Å². The Morgan fingerprint density at radius 1 is 0.667 bits per heavy atom. The first-order valence-corrected chi connectivity index (χ1v) is 8.53. The standard InChI is InChI=1S/C20H24F2N2/c1-15(2)23-11-13-24(14-12-23)20(16-3-7-18(21)8-4-16)17-5-9-19(22)10-6-17/h3-10,15,20H,11-14H2,1-2H3. The highest BCUT2D eigenvalue weighted by molar-refractivity contribution is 5.32. The van der Waals surface area contributed by atoms with Crippen LogP contribution in [0.25, 0.3) is 0 Å². The lowest BCUT2D eigenvalue weighted by atomic mass is 9.96. The van der Waals surface area contributed by atoms with Crippen molar-refractivity contribution in [2.24, 2.45) is 0 Å². The molecule has 0 saturated carbocycles. The lowest BCUT2D eigenvalue weighted by Crippen LogP contribution is -2.49. The van der Waals surface area contributed by atoms with Gasteiger partial charge in [0.15, 0.2) is 0 Å². The van der Waals surface area contributed by atoms with Crippen molar-refractivity contribution in [1.82, 2.24) is 9.80 Å². The molecule has 0 unspecified atom stereocenters. The monoisotopic (exact) mass is 330 g/mol. The van der Waals surface area contributed by atoms with Gasteiger partial charge in [-0.3, -0.25) is 9.80 Å². The first kappa shape index (κ1) is 17.1. The minimum atomic E-state index is -0.235. The molecule has 1 aliphatic heterocycles. The zero-order valence-electron chi connectivity index (χ0n) is 14.3. The molecule has 1 heterocycles. The number of halogens is 2. The second-order valence-corrected chi connectivity index (χ2v) is 6.67. The molecule has 24 heavy (non-hydrogen) atoms. The van der Waals surface area contributed by atoms with E-state index in [1.54, 1.807) is 0 Å². The second kappa shape index (κ2) is 7.41. The van der Waals surface area contributed by atoms with Crippen molar-refractivity contribution in [3.8, 4) is 0 Å². The smallest absolute Gasteiger partial charge is 0.123 e. The number of benzene rings is 2. The largest absolute Gasteiger partial charge is 0.298 e. The van der Waals surface area contributed by atoms with Crippen molar-refractivity contribution in [3.05, 3.63) is 71.3 Å². The molecule has 3 rings (SSSR count). The molecule has 1 fully saturated rings. The topological polar surface area (TPSA) is 6.48 Å². The molecule has 128 valence electrons. The van der Waals surface area contributed by atoms with Gasteiger partial charge in [-0.2, -0.15) is 0 Å². The maximum Gasteiger partial charge on any atom is 0.123 e. The Labute approximate surface area is 142 Å². The highest BCUT2D eigenvalue weighted by Crippen LogP contribution is 2.30. The first-order chi connectivity index (χ1) is 11.5. The van der Waals surface area contributed by atoms with Crippen LogP contribution in [0.3, 0.4) is 0 Å². The van der Waals surface area contributed by atoms with Crippen LogP contribution in [0.1, 0.15) is 31.0 Å². The minimum absolute atomic E-state index is 0.0283. The van der Waals surface area contributed by atoms with Gasteiger partial charge in [0.25, 0.3) is 0 Å². The summed E-state index contributed by atoms with van der Waals surface area (Å²) in [4.78, 5) is 4.86. The minimum Gasteiger partial charge on any atom is -0.298 e. The fraction of sp³-hybridized carbons (Fsp3) is 0.400. The van der Waals surface area contributed by atoms with Gasteiger partial charge in [0.2, 0.25) is 0 Å². The number of hydrogen-bond donors (Lipinski definition) is 0. The number of hydrogen-bond acceptors (Lipinski definition) is 2. The molecule has 2 nitrogen and oxygen atoms in total. The van der Waals surface area contributed by atoms with Gasteiger partial charge in [0.05, 0.1) is 6.04 Å². The van der Waals surface area contributed by atoms with Crippen LogP contribution in [0.15, 0.2) is 48.5 Å². The van der Waals surface area contributed by atoms with Crippen LogP contribution >= 0.6 is 0 Å². The Morgan fingerprint density at radius 3 is 1.42 bits per heavy atom. The average molecular weight is 330 g/mol. The van der Waals surface area contributed by atoms with Crippen LogP contribution in [0.4, 0.5) is 8.78 Å². The summed E-state index contributed by atoms with van der Waals surface area (Å²) in [5.41, 5.74) is 2.09. The van der Waals surface area contributed by atoms with Gasteiger partial charge in [0.1, 0.15) is 11.6 Å². The van der Waals surface area contributed by atoms with Crippen LogP contribution < -0.4 is 0 Å². The van der Waals surface area contributed by atoms with Gasteiger partial charge in [-0.1, -0.05) is 24.3 Å². The van der Waals surface area contributed by atoms with E-state index in [4.69, 9.17) is 0 Å². The molecule has 0 atom stereocenters. The molecule has 1 aliphatic rings. The fourth-order valence-corrected chi connectivity index (χ4v) is 3.42. The maximum absolute atomic E-state index is 13.3. The highest BCUT2D eigenvalue weighted by atomic mass is 19.1. The van der Waals surface area contributed by atoms with Crippen molar-refractivity contribution in [1.29, 1.82) is 0 Å². The third-order valence-corrected chi connectivity index (χ3v) is 4.82. The summed E-state index contributed by atoms with van der Waals surface area (Å²) in [5.74, 6) is -0.470. The van der Waals surface area contributed by atoms with E-state index in [1.165, 1.54) is 24.3 Å². The molecule has 0 aromatic heterocycles. The Bertz CT molecular complexity index is 599. The van der Waals surface area contributed by atoms with E-state index in [-0.39, 0.29) is 17.7 Å². The molecule has 2 aromatic carbocycles. The van der Waals surface area contributed by atoms with Crippen molar-refractivity contribution in [2.75, 3.05) is 26.2 Å². The third-order valence-electron chi connectivity index (χ3n) is 4.82. The predicted molar refractivity (Wildman–Crippen MR) is 92.9 cm³/mol. The van der Waals surface area contributed by atoms with E-state index in [2.05, 4.69) is 23.6 Å². The predicted octanol–water partition coefficient (Wildman–Crippen LogP) is 4.08. The van der Waals surface area contributed by atoms with E-state index in [9.17, 15) is 8.78 Å². The molecule has 0 spiro atoms. The lowest BCUT2D eigenvalue weighted by molar-refractivity contribution is 0.0892. The van der Waals surface area contributed by atoms with Crippen molar-refractivity contribution in [3.63, 3.8) is 0 Å². The Kier molecular flexibility index (Phi) is 5.27. The molecule has 2 aromatic rings. The molecule has 0 aliphatic carbocycles. The third kappa shape index (κ3) is 3.82. The maximum atomic E-state index is 13.3. The van der Waals surface area contributed by atoms with Gasteiger partial charge in [-0.05, 0) is 49.2 Å². The van der Waals surface area contributed by atoms with E-state index >= 15 is 0 Å². The average Bonchev–Trinajstić information content (AvgIpc) is 2.59. The molecule has 0 N–H and O–H groups in total. The van der Waals surface area contributed by atoms with Crippen LogP contribution in [0.5, 0.6) is 0 Å². The Morgan fingerprint density at radius 2 is 1.04 bits per heavy atom. The normalized spacial score (nSPS) is 16.9. The molecule has 0 bridgehead atoms. The highest BCUT2D eigenvalue weighted by Gasteiger charge is 2.27. The van der Waals surface area contributed by atoms with Gasteiger partial charge in [0, 0.05) is 32.2 Å². The molecular weight excluding hydrogens is 306 g/mol. The summed E-state index contributed by atoms with van der Waals surface area (Å²) < 4.78 is 26.6. The van der Waals surface area contributed by atoms with E-state index in [1.807, 2.05) is 24.3 Å². The van der Waals surface area contributed by atoms with Crippen molar-refractivity contribution >= 4 is 0 Å². The van der Waals surface area contributed by atoms with Gasteiger partial charge < -0.3 is 0 Å². The number of rotatable bonds is 4. The summed E-state index contributed by atoms with van der Waals surface area (Å²) in [6, 6.07) is 13.9. The molecule has 0 amide bonds. The Balaban J connectivity index is 1.88. The second-order valence-electron chi connectivity index (χ2n) is 6.67. The summed E-state index contributed by atoms with van der Waals surface area (Å²) >= 11 is 0. The lowest BCUT2D eigenvalue weighted by Gasteiger charge is -2.41. The quantitative estimate of drug-likeness (QED) is 0.833. The summed E-state index contributed by atoms with van der Waals surface area (Å²) in [7, 11) is 0. The van der Waals surface area contributed by atoms with Crippen molar-refractivity contribution in [2.45, 2.75) is 25.9 Å². The van der Waals surface area contributed by atoms with Crippen LogP contribution in [-0.4, -0.2) is 42.0 Å². The van der Waals surface area contributed by atoms with Crippen LogP contribution in [-0.2, 0) is 0 Å². The Hall–Kier alpha value is -1.78.